The lowest BCUT2D eigenvalue weighted by Gasteiger charge is -2.23. The van der Waals surface area contributed by atoms with Crippen LogP contribution < -0.4 is 11.1 Å². The molecule has 1 unspecified atom stereocenters. The molecule has 4 nitrogen and oxygen atoms in total. The van der Waals surface area contributed by atoms with Crippen molar-refractivity contribution in [1.29, 1.82) is 0 Å². The molecular formula is C14H23N3OS. The van der Waals surface area contributed by atoms with Crippen molar-refractivity contribution >= 4 is 29.0 Å². The number of thioether (sulfide) groups is 1. The van der Waals surface area contributed by atoms with Crippen LogP contribution in [-0.4, -0.2) is 42.4 Å². The van der Waals surface area contributed by atoms with Crippen LogP contribution in [0.4, 0.5) is 11.4 Å². The Hall–Kier alpha value is -1.20. The van der Waals surface area contributed by atoms with Gasteiger partial charge in [0, 0.05) is 23.7 Å². The Morgan fingerprint density at radius 1 is 1.53 bits per heavy atom. The minimum Gasteiger partial charge on any atom is -0.399 e. The van der Waals surface area contributed by atoms with Gasteiger partial charge in [-0.2, -0.15) is 11.8 Å². The summed E-state index contributed by atoms with van der Waals surface area (Å²) in [6.45, 7) is 4.76. The lowest BCUT2D eigenvalue weighted by Crippen LogP contribution is -2.40. The van der Waals surface area contributed by atoms with Gasteiger partial charge in [0.15, 0.2) is 0 Å². The zero-order valence-electron chi connectivity index (χ0n) is 12.1. The molecule has 19 heavy (non-hydrogen) atoms. The van der Waals surface area contributed by atoms with Crippen molar-refractivity contribution in [3.05, 3.63) is 23.8 Å². The van der Waals surface area contributed by atoms with Crippen LogP contribution in [0.2, 0.25) is 0 Å². The molecule has 5 heteroatoms. The second-order valence-electron chi connectivity index (χ2n) is 4.71. The number of amides is 1. The SMILES string of the molecule is CSCCN(C)C(C)C(=O)Nc1ccc(N)cc1C. The lowest BCUT2D eigenvalue weighted by molar-refractivity contribution is -0.120. The van der Waals surface area contributed by atoms with E-state index in [0.717, 1.165) is 23.5 Å². The van der Waals surface area contributed by atoms with Crippen molar-refractivity contribution in [3.8, 4) is 0 Å². The number of hydrogen-bond acceptors (Lipinski definition) is 4. The Balaban J connectivity index is 2.63. The molecule has 0 aliphatic carbocycles. The van der Waals surface area contributed by atoms with E-state index in [-0.39, 0.29) is 11.9 Å². The standard InChI is InChI=1S/C14H23N3OS/c1-10-9-12(15)5-6-13(10)16-14(18)11(2)17(3)7-8-19-4/h5-6,9,11H,7-8,15H2,1-4H3,(H,16,18). The molecule has 1 aromatic rings. The number of anilines is 2. The first-order valence-electron chi connectivity index (χ1n) is 6.32. The van der Waals surface area contributed by atoms with E-state index >= 15 is 0 Å². The van der Waals surface area contributed by atoms with Crippen molar-refractivity contribution in [3.63, 3.8) is 0 Å². The van der Waals surface area contributed by atoms with Gasteiger partial charge in [0.1, 0.15) is 0 Å². The highest BCUT2D eigenvalue weighted by Gasteiger charge is 2.18. The summed E-state index contributed by atoms with van der Waals surface area (Å²) in [5.74, 6) is 1.03. The number of carbonyl (C=O) groups excluding carboxylic acids is 1. The van der Waals surface area contributed by atoms with Gasteiger partial charge in [-0.3, -0.25) is 9.69 Å². The van der Waals surface area contributed by atoms with Crippen LogP contribution in [0.25, 0.3) is 0 Å². The Bertz CT molecular complexity index is 437. The normalized spacial score (nSPS) is 12.5. The number of nitrogens with zero attached hydrogens (tertiary/aromatic N) is 1. The van der Waals surface area contributed by atoms with Crippen molar-refractivity contribution in [1.82, 2.24) is 4.90 Å². The molecule has 1 amide bonds. The third-order valence-corrected chi connectivity index (χ3v) is 3.79. The molecule has 1 aromatic carbocycles. The van der Waals surface area contributed by atoms with E-state index in [1.165, 1.54) is 0 Å². The van der Waals surface area contributed by atoms with Gasteiger partial charge in [0.2, 0.25) is 5.91 Å². The smallest absolute Gasteiger partial charge is 0.241 e. The van der Waals surface area contributed by atoms with Gasteiger partial charge in [0.25, 0.3) is 0 Å². The van der Waals surface area contributed by atoms with E-state index in [9.17, 15) is 4.79 Å². The van der Waals surface area contributed by atoms with Crippen LogP contribution in [-0.2, 0) is 4.79 Å². The van der Waals surface area contributed by atoms with E-state index in [0.29, 0.717) is 5.69 Å². The van der Waals surface area contributed by atoms with E-state index in [1.807, 2.05) is 33.0 Å². The van der Waals surface area contributed by atoms with Crippen LogP contribution in [0.1, 0.15) is 12.5 Å². The molecule has 3 N–H and O–H groups in total. The first-order chi connectivity index (χ1) is 8.95. The summed E-state index contributed by atoms with van der Waals surface area (Å²) < 4.78 is 0. The first kappa shape index (κ1) is 15.9. The number of rotatable bonds is 6. The van der Waals surface area contributed by atoms with Gasteiger partial charge < -0.3 is 11.1 Å². The highest BCUT2D eigenvalue weighted by atomic mass is 32.2. The third kappa shape index (κ3) is 4.76. The lowest BCUT2D eigenvalue weighted by atomic mass is 10.1. The summed E-state index contributed by atoms with van der Waals surface area (Å²) in [5.41, 5.74) is 8.21. The number of aryl methyl sites for hydroxylation is 1. The third-order valence-electron chi connectivity index (χ3n) is 3.20. The number of nitrogen functional groups attached to an aromatic ring is 1. The molecule has 0 saturated heterocycles. The van der Waals surface area contributed by atoms with Gasteiger partial charge in [-0.1, -0.05) is 0 Å². The quantitative estimate of drug-likeness (QED) is 0.785. The predicted octanol–water partition coefficient (Wildman–Crippen LogP) is 2.20. The van der Waals surface area contributed by atoms with Crippen LogP contribution in [0, 0.1) is 6.92 Å². The highest BCUT2D eigenvalue weighted by Crippen LogP contribution is 2.18. The highest BCUT2D eigenvalue weighted by molar-refractivity contribution is 7.98. The van der Waals surface area contributed by atoms with Gasteiger partial charge >= 0.3 is 0 Å². The topological polar surface area (TPSA) is 58.4 Å². The van der Waals surface area contributed by atoms with E-state index in [4.69, 9.17) is 5.73 Å². The maximum atomic E-state index is 12.2. The molecule has 0 aromatic heterocycles. The van der Waals surface area contributed by atoms with E-state index in [2.05, 4.69) is 16.5 Å². The van der Waals surface area contributed by atoms with Gasteiger partial charge in [-0.05, 0) is 50.9 Å². The zero-order chi connectivity index (χ0) is 14.4. The number of hydrogen-bond donors (Lipinski definition) is 2. The fourth-order valence-electron chi connectivity index (χ4n) is 1.69. The Morgan fingerprint density at radius 3 is 2.79 bits per heavy atom. The Kier molecular flexibility index (Phi) is 6.18. The molecule has 1 rings (SSSR count). The van der Waals surface area contributed by atoms with Crippen molar-refractivity contribution in [2.24, 2.45) is 0 Å². The van der Waals surface area contributed by atoms with Gasteiger partial charge in [0.05, 0.1) is 6.04 Å². The minimum absolute atomic E-state index is 0.0106. The summed E-state index contributed by atoms with van der Waals surface area (Å²) in [6.07, 6.45) is 2.07. The predicted molar refractivity (Wildman–Crippen MR) is 84.7 cm³/mol. The molecule has 0 spiro atoms. The van der Waals surface area contributed by atoms with Crippen molar-refractivity contribution in [2.45, 2.75) is 19.9 Å². The minimum atomic E-state index is -0.149. The van der Waals surface area contributed by atoms with Crippen molar-refractivity contribution in [2.75, 3.05) is 36.7 Å². The number of benzene rings is 1. The fraction of sp³-hybridized carbons (Fsp3) is 0.500. The Morgan fingerprint density at radius 2 is 2.21 bits per heavy atom. The monoisotopic (exact) mass is 281 g/mol. The molecule has 0 radical (unpaired) electrons. The second kappa shape index (κ2) is 7.40. The Labute approximate surface area is 119 Å². The number of likely N-dealkylation sites (N-methyl/N-ethyl adjacent to an activating group) is 1. The van der Waals surface area contributed by atoms with E-state index < -0.39 is 0 Å². The molecule has 106 valence electrons. The average Bonchev–Trinajstić information content (AvgIpc) is 2.38. The molecule has 0 saturated carbocycles. The molecule has 1 atom stereocenters. The maximum absolute atomic E-state index is 12.2. The van der Waals surface area contributed by atoms with Crippen LogP contribution in [0.15, 0.2) is 18.2 Å². The molecule has 0 fully saturated rings. The number of carbonyl (C=O) groups is 1. The second-order valence-corrected chi connectivity index (χ2v) is 5.70. The molecule has 0 bridgehead atoms. The summed E-state index contributed by atoms with van der Waals surface area (Å²) >= 11 is 1.78. The van der Waals surface area contributed by atoms with Crippen LogP contribution in [0.3, 0.4) is 0 Å². The average molecular weight is 281 g/mol. The summed E-state index contributed by atoms with van der Waals surface area (Å²) in [5, 5.41) is 2.95. The summed E-state index contributed by atoms with van der Waals surface area (Å²) in [7, 11) is 1.97. The van der Waals surface area contributed by atoms with Crippen molar-refractivity contribution < 1.29 is 4.79 Å². The first-order valence-corrected chi connectivity index (χ1v) is 7.71. The maximum Gasteiger partial charge on any atom is 0.241 e. The molecule has 0 aliphatic heterocycles. The summed E-state index contributed by atoms with van der Waals surface area (Å²) in [6, 6.07) is 5.35. The van der Waals surface area contributed by atoms with Crippen LogP contribution in [0.5, 0.6) is 0 Å². The zero-order valence-corrected chi connectivity index (χ0v) is 12.9. The molecule has 0 heterocycles. The van der Waals surface area contributed by atoms with E-state index in [1.54, 1.807) is 17.8 Å². The number of nitrogens with two attached hydrogens (primary N) is 1. The van der Waals surface area contributed by atoms with Gasteiger partial charge in [-0.15, -0.1) is 0 Å². The largest absolute Gasteiger partial charge is 0.399 e. The fourth-order valence-corrected chi connectivity index (χ4v) is 2.16. The summed E-state index contributed by atoms with van der Waals surface area (Å²) in [4.78, 5) is 14.2. The van der Waals surface area contributed by atoms with Crippen LogP contribution >= 0.6 is 11.8 Å². The number of nitrogens with one attached hydrogen (secondary N) is 1. The van der Waals surface area contributed by atoms with Gasteiger partial charge in [-0.25, -0.2) is 0 Å². The molecular weight excluding hydrogens is 258 g/mol. The molecule has 0 aliphatic rings.